The number of rotatable bonds is 8. The number of aromatic nitrogens is 2. The van der Waals surface area contributed by atoms with E-state index in [1.807, 2.05) is 66.7 Å². The maximum Gasteiger partial charge on any atom is 0.252 e. The third-order valence-electron chi connectivity index (χ3n) is 19.7. The first-order chi connectivity index (χ1) is 51.9. The molecule has 0 atom stereocenters. The highest BCUT2D eigenvalue weighted by Gasteiger charge is 2.45. The summed E-state index contributed by atoms with van der Waals surface area (Å²) in [5, 5.41) is 13.6. The van der Waals surface area contributed by atoms with Crippen LogP contribution in [0.1, 0.15) is 101 Å². The highest BCUT2D eigenvalue weighted by atomic mass is 15.2. The van der Waals surface area contributed by atoms with E-state index in [0.29, 0.717) is 16.9 Å². The van der Waals surface area contributed by atoms with Gasteiger partial charge in [0.1, 0.15) is 6.07 Å². The van der Waals surface area contributed by atoms with Crippen LogP contribution < -0.4 is 26.2 Å². The summed E-state index contributed by atoms with van der Waals surface area (Å²) in [6.07, 6.45) is 0. The molecule has 17 rings (SSSR count). The first kappa shape index (κ1) is 47.5. The van der Waals surface area contributed by atoms with Crippen LogP contribution in [-0.2, 0) is 16.2 Å². The van der Waals surface area contributed by atoms with Crippen molar-refractivity contribution in [2.24, 2.45) is 0 Å². The van der Waals surface area contributed by atoms with Crippen molar-refractivity contribution in [1.29, 1.82) is 5.26 Å². The molecule has 0 N–H and O–H groups in total. The van der Waals surface area contributed by atoms with Crippen LogP contribution in [0.3, 0.4) is 0 Å². The van der Waals surface area contributed by atoms with Gasteiger partial charge >= 0.3 is 0 Å². The first-order valence-corrected chi connectivity index (χ1v) is 33.1. The molecule has 0 spiro atoms. The molecule has 2 aromatic heterocycles. The number of benzene rings is 13. The van der Waals surface area contributed by atoms with Gasteiger partial charge in [0, 0.05) is 61.4 Å². The van der Waals surface area contributed by atoms with Crippen molar-refractivity contribution in [2.75, 3.05) is 9.80 Å². The standard InChI is InChI=1S/C91H74BN5/c1-89(2,3)67-46-66(47-68(52-67)90(4,5)6)62-38-42-77-84(51-62)96(72-48-64(59-27-15-11-16-28-59)45-65(49-72)60-29-17-12-18-30-60)86-53-69(91(7,8)9)54-87-88(86)92(77)78-43-41-71(95-81-36-24-21-33-75(81)76-50-61(39-44-82(76)95)58-25-13-10-14-26-58)56-85(78)97(87)83-55-70(40-37-63(83)57-93)94-79-34-22-19-31-73(79)74-32-20-23-35-80(74)94/h10-56H,1-9H3/i10D,13D,14D,21D,24D,25D,26D,33D,36D,39D,44D,50D. The molecule has 466 valence electrons. The molecule has 0 bridgehead atoms. The summed E-state index contributed by atoms with van der Waals surface area (Å²) < 4.78 is 116. The van der Waals surface area contributed by atoms with Gasteiger partial charge in [-0.3, -0.25) is 0 Å². The van der Waals surface area contributed by atoms with E-state index in [2.05, 4.69) is 228 Å². The van der Waals surface area contributed by atoms with E-state index in [1.165, 1.54) is 15.7 Å². The predicted octanol–water partition coefficient (Wildman–Crippen LogP) is 22.4. The van der Waals surface area contributed by atoms with Crippen molar-refractivity contribution in [1.82, 2.24) is 9.13 Å². The lowest BCUT2D eigenvalue weighted by Gasteiger charge is -2.45. The minimum absolute atomic E-state index is 0.115. The molecule has 97 heavy (non-hydrogen) atoms. The number of anilines is 6. The van der Waals surface area contributed by atoms with E-state index in [0.717, 1.165) is 106 Å². The molecular formula is C91H74BN5. The minimum atomic E-state index is -0.711. The number of para-hydroxylation sites is 3. The Labute approximate surface area is 586 Å². The summed E-state index contributed by atoms with van der Waals surface area (Å²) >= 11 is 0. The number of fused-ring (bicyclic) bond motifs is 10. The maximum absolute atomic E-state index is 11.9. The third-order valence-corrected chi connectivity index (χ3v) is 19.7. The Kier molecular flexibility index (Phi) is 11.0. The van der Waals surface area contributed by atoms with Crippen LogP contribution in [0.4, 0.5) is 34.1 Å². The van der Waals surface area contributed by atoms with Crippen LogP contribution in [0.5, 0.6) is 0 Å². The smallest absolute Gasteiger partial charge is 0.252 e. The van der Waals surface area contributed by atoms with Crippen molar-refractivity contribution >= 4 is 101 Å². The monoisotopic (exact) mass is 1260 g/mol. The van der Waals surface area contributed by atoms with Crippen molar-refractivity contribution in [3.8, 4) is 62.0 Å². The van der Waals surface area contributed by atoms with Gasteiger partial charge in [-0.2, -0.15) is 5.26 Å². The summed E-state index contributed by atoms with van der Waals surface area (Å²) in [6.45, 7) is 19.6. The fourth-order valence-electron chi connectivity index (χ4n) is 14.7. The Balaban J connectivity index is 1.03. The number of hydrogen-bond acceptors (Lipinski definition) is 3. The second kappa shape index (κ2) is 22.4. The Morgan fingerprint density at radius 3 is 1.45 bits per heavy atom. The van der Waals surface area contributed by atoms with Gasteiger partial charge in [-0.1, -0.05) is 250 Å². The van der Waals surface area contributed by atoms with Crippen molar-refractivity contribution in [3.05, 3.63) is 307 Å². The van der Waals surface area contributed by atoms with E-state index in [4.69, 9.17) is 8.22 Å². The second-order valence-corrected chi connectivity index (χ2v) is 28.8. The van der Waals surface area contributed by atoms with Gasteiger partial charge in [0.05, 0.1) is 49.8 Å². The lowest BCUT2D eigenvalue weighted by molar-refractivity contribution is 0.569. The van der Waals surface area contributed by atoms with E-state index >= 15 is 0 Å². The summed E-state index contributed by atoms with van der Waals surface area (Å²) in [7, 11) is 0. The van der Waals surface area contributed by atoms with Crippen molar-refractivity contribution in [2.45, 2.75) is 78.6 Å². The highest BCUT2D eigenvalue weighted by molar-refractivity contribution is 7.00. The van der Waals surface area contributed by atoms with Gasteiger partial charge in [-0.25, -0.2) is 0 Å². The first-order valence-electron chi connectivity index (χ1n) is 39.1. The second-order valence-electron chi connectivity index (χ2n) is 28.8. The van der Waals surface area contributed by atoms with Crippen LogP contribution in [0, 0.1) is 11.3 Å². The summed E-state index contributed by atoms with van der Waals surface area (Å²) in [4.78, 5) is 4.60. The summed E-state index contributed by atoms with van der Waals surface area (Å²) in [6, 6.07) is 69.5. The molecule has 0 unspecified atom stereocenters. The highest BCUT2D eigenvalue weighted by Crippen LogP contribution is 2.51. The van der Waals surface area contributed by atoms with Crippen LogP contribution in [0.15, 0.2) is 285 Å². The van der Waals surface area contributed by atoms with Gasteiger partial charge in [-0.15, -0.1) is 0 Å². The van der Waals surface area contributed by atoms with E-state index in [-0.39, 0.29) is 38.3 Å². The van der Waals surface area contributed by atoms with E-state index in [9.17, 15) is 13.5 Å². The molecule has 0 amide bonds. The molecule has 2 aliphatic heterocycles. The van der Waals surface area contributed by atoms with Gasteiger partial charge in [-0.05, 0) is 191 Å². The van der Waals surface area contributed by atoms with Crippen LogP contribution in [0.25, 0.3) is 99.5 Å². The predicted molar refractivity (Wildman–Crippen MR) is 412 cm³/mol. The van der Waals surface area contributed by atoms with Gasteiger partial charge in [0.25, 0.3) is 6.71 Å². The molecule has 0 radical (unpaired) electrons. The molecule has 6 heteroatoms. The Hall–Kier alpha value is -11.4. The molecule has 4 heterocycles. The van der Waals surface area contributed by atoms with E-state index in [1.54, 1.807) is 0 Å². The van der Waals surface area contributed by atoms with Crippen LogP contribution in [0.2, 0.25) is 0 Å². The zero-order chi connectivity index (χ0) is 76.7. The van der Waals surface area contributed by atoms with E-state index < -0.39 is 95.8 Å². The van der Waals surface area contributed by atoms with Gasteiger partial charge in [0.15, 0.2) is 0 Å². The molecule has 0 fully saturated rings. The lowest BCUT2D eigenvalue weighted by Crippen LogP contribution is -2.61. The largest absolute Gasteiger partial charge is 0.311 e. The average Bonchev–Trinajstić information content (AvgIpc) is 1.58. The van der Waals surface area contributed by atoms with Crippen LogP contribution in [-0.4, -0.2) is 15.8 Å². The molecule has 2 aliphatic rings. The van der Waals surface area contributed by atoms with Gasteiger partial charge < -0.3 is 18.9 Å². The maximum atomic E-state index is 11.9. The number of nitriles is 1. The fraction of sp³-hybridized carbons (Fsp3) is 0.132. The Morgan fingerprint density at radius 2 is 0.835 bits per heavy atom. The summed E-state index contributed by atoms with van der Waals surface area (Å²) in [5.41, 5.74) is 18.0. The molecule has 15 aromatic rings. The third kappa shape index (κ3) is 9.89. The SMILES string of the molecule is [2H]c1c([2H])c([2H])c(-c2c([2H])c([2H])c3c(c2[2H])c2c([2H])c([2H])c([2H])c([2H])c2n3-c2ccc3c(c2)N(c2cc(-n4c5ccccc5c5ccccc54)ccc2C#N)c2cc(C(C)(C)C)cc4c2B3c2ccc(-c3cc(C(C)(C)C)cc(C(C)(C)C)c3)cc2N4c2cc(-c3ccccc3)cc(-c3ccccc3)c2)c([2H])c1[2H]. The normalized spacial score (nSPS) is 14.7. The fourth-order valence-corrected chi connectivity index (χ4v) is 14.7. The molecule has 0 saturated heterocycles. The molecule has 5 nitrogen and oxygen atoms in total. The zero-order valence-corrected chi connectivity index (χ0v) is 55.5. The molecular weight excluding hydrogens is 1170 g/mol. The van der Waals surface area contributed by atoms with Gasteiger partial charge in [0.2, 0.25) is 0 Å². The average molecular weight is 1260 g/mol. The topological polar surface area (TPSA) is 40.1 Å². The molecule has 13 aromatic carbocycles. The van der Waals surface area contributed by atoms with Crippen molar-refractivity contribution in [3.63, 3.8) is 0 Å². The van der Waals surface area contributed by atoms with Crippen molar-refractivity contribution < 1.29 is 16.4 Å². The quantitative estimate of drug-likeness (QED) is 0.142. The molecule has 0 saturated carbocycles. The zero-order valence-electron chi connectivity index (χ0n) is 67.5. The molecule has 0 aliphatic carbocycles. The summed E-state index contributed by atoms with van der Waals surface area (Å²) in [5.74, 6) is 0. The lowest BCUT2D eigenvalue weighted by atomic mass is 9.33. The number of nitrogens with zero attached hydrogens (tertiary/aromatic N) is 5. The Bertz CT molecular complexity index is 6320. The number of hydrogen-bond donors (Lipinski definition) is 0. The Morgan fingerprint density at radius 1 is 0.330 bits per heavy atom. The minimum Gasteiger partial charge on any atom is -0.311 e. The van der Waals surface area contributed by atoms with Crippen LogP contribution >= 0.6 is 0 Å².